The number of aliphatic hydroxyl groups excluding tert-OH is 1. The highest BCUT2D eigenvalue weighted by Gasteiger charge is 2.34. The van der Waals surface area contributed by atoms with E-state index in [9.17, 15) is 5.11 Å². The summed E-state index contributed by atoms with van der Waals surface area (Å²) in [7, 11) is 2.18. The monoisotopic (exact) mass is 243 g/mol. The van der Waals surface area contributed by atoms with Gasteiger partial charge in [0, 0.05) is 36.8 Å². The van der Waals surface area contributed by atoms with Gasteiger partial charge in [-0.1, -0.05) is 0 Å². The van der Waals surface area contributed by atoms with Gasteiger partial charge in [-0.15, -0.1) is 0 Å². The summed E-state index contributed by atoms with van der Waals surface area (Å²) in [6.07, 6.45) is 0.837. The molecule has 0 aromatic heterocycles. The molecule has 1 aliphatic heterocycles. The van der Waals surface area contributed by atoms with Gasteiger partial charge in [-0.05, 0) is 41.2 Å². The van der Waals surface area contributed by atoms with Crippen LogP contribution in [0.3, 0.4) is 0 Å². The maximum atomic E-state index is 9.23. The minimum absolute atomic E-state index is 0.0501. The maximum Gasteiger partial charge on any atom is 0.0609 e. The van der Waals surface area contributed by atoms with Crippen LogP contribution in [0.5, 0.6) is 0 Å². The Balaban J connectivity index is 2.57. The highest BCUT2D eigenvalue weighted by Crippen LogP contribution is 2.23. The van der Waals surface area contributed by atoms with Crippen molar-refractivity contribution in [2.24, 2.45) is 5.73 Å². The number of piperazine rings is 1. The predicted molar refractivity (Wildman–Crippen MR) is 72.0 cm³/mol. The van der Waals surface area contributed by atoms with Crippen LogP contribution in [0.15, 0.2) is 0 Å². The van der Waals surface area contributed by atoms with Gasteiger partial charge in [0.25, 0.3) is 0 Å². The molecule has 0 aromatic rings. The quantitative estimate of drug-likeness (QED) is 0.755. The Labute approximate surface area is 106 Å². The molecule has 2 unspecified atom stereocenters. The Bertz CT molecular complexity index is 253. The summed E-state index contributed by atoms with van der Waals surface area (Å²) in [5, 5.41) is 9.23. The molecule has 1 aliphatic rings. The third-order valence-corrected chi connectivity index (χ3v) is 4.09. The lowest BCUT2D eigenvalue weighted by molar-refractivity contribution is 0.0117. The summed E-state index contributed by atoms with van der Waals surface area (Å²) in [4.78, 5) is 4.89. The summed E-state index contributed by atoms with van der Waals surface area (Å²) in [5.74, 6) is 0. The zero-order chi connectivity index (χ0) is 13.3. The molecule has 2 atom stereocenters. The van der Waals surface area contributed by atoms with Crippen molar-refractivity contribution in [3.8, 4) is 0 Å². The second-order valence-electron chi connectivity index (χ2n) is 6.57. The van der Waals surface area contributed by atoms with Crippen LogP contribution in [0.4, 0.5) is 0 Å². The fourth-order valence-corrected chi connectivity index (χ4v) is 2.52. The number of rotatable bonds is 4. The second kappa shape index (κ2) is 5.22. The van der Waals surface area contributed by atoms with E-state index in [1.807, 2.05) is 6.92 Å². The van der Waals surface area contributed by atoms with E-state index < -0.39 is 5.54 Å². The lowest BCUT2D eigenvalue weighted by Crippen LogP contribution is -2.60. The zero-order valence-electron chi connectivity index (χ0n) is 12.0. The van der Waals surface area contributed by atoms with Crippen LogP contribution in [-0.2, 0) is 0 Å². The molecule has 102 valence electrons. The van der Waals surface area contributed by atoms with Crippen molar-refractivity contribution in [3.63, 3.8) is 0 Å². The highest BCUT2D eigenvalue weighted by atomic mass is 16.3. The van der Waals surface area contributed by atoms with E-state index >= 15 is 0 Å². The van der Waals surface area contributed by atoms with Gasteiger partial charge in [-0.25, -0.2) is 0 Å². The molecule has 1 saturated heterocycles. The molecule has 17 heavy (non-hydrogen) atoms. The normalized spacial score (nSPS) is 27.7. The first-order valence-corrected chi connectivity index (χ1v) is 6.53. The molecular weight excluding hydrogens is 214 g/mol. The van der Waals surface area contributed by atoms with E-state index in [1.165, 1.54) is 0 Å². The van der Waals surface area contributed by atoms with Gasteiger partial charge < -0.3 is 10.8 Å². The Morgan fingerprint density at radius 2 is 2.00 bits per heavy atom. The largest absolute Gasteiger partial charge is 0.394 e. The van der Waals surface area contributed by atoms with Crippen molar-refractivity contribution < 1.29 is 5.11 Å². The molecular formula is C13H29N3O. The van der Waals surface area contributed by atoms with Crippen molar-refractivity contribution in [2.75, 3.05) is 33.3 Å². The van der Waals surface area contributed by atoms with E-state index in [2.05, 4.69) is 37.6 Å². The Morgan fingerprint density at radius 1 is 1.41 bits per heavy atom. The summed E-state index contributed by atoms with van der Waals surface area (Å²) in [5.41, 5.74) is 5.79. The van der Waals surface area contributed by atoms with E-state index in [1.54, 1.807) is 0 Å². The zero-order valence-corrected chi connectivity index (χ0v) is 12.0. The molecule has 0 aliphatic carbocycles. The number of nitrogens with zero attached hydrogens (tertiary/aromatic N) is 2. The van der Waals surface area contributed by atoms with Gasteiger partial charge in [-0.2, -0.15) is 0 Å². The predicted octanol–water partition coefficient (Wildman–Crippen LogP) is 0.501. The van der Waals surface area contributed by atoms with Crippen molar-refractivity contribution in [1.82, 2.24) is 9.80 Å². The van der Waals surface area contributed by atoms with E-state index in [0.29, 0.717) is 6.04 Å². The fraction of sp³-hybridized carbons (Fsp3) is 1.00. The first kappa shape index (κ1) is 14.9. The summed E-state index contributed by atoms with van der Waals surface area (Å²) >= 11 is 0. The van der Waals surface area contributed by atoms with E-state index in [-0.39, 0.29) is 12.1 Å². The molecule has 3 N–H and O–H groups in total. The number of hydrogen-bond donors (Lipinski definition) is 2. The molecule has 4 heteroatoms. The smallest absolute Gasteiger partial charge is 0.0609 e. The molecule has 0 saturated carbocycles. The van der Waals surface area contributed by atoms with E-state index in [0.717, 1.165) is 26.1 Å². The second-order valence-corrected chi connectivity index (χ2v) is 6.57. The molecule has 0 aromatic carbocycles. The minimum atomic E-state index is -0.465. The average molecular weight is 243 g/mol. The minimum Gasteiger partial charge on any atom is -0.394 e. The number of aliphatic hydroxyl groups is 1. The lowest BCUT2D eigenvalue weighted by Gasteiger charge is -2.48. The van der Waals surface area contributed by atoms with Crippen LogP contribution >= 0.6 is 0 Å². The van der Waals surface area contributed by atoms with Gasteiger partial charge in [0.05, 0.1) is 6.61 Å². The number of likely N-dealkylation sites (N-methyl/N-ethyl adjacent to an activating group) is 1. The van der Waals surface area contributed by atoms with Crippen LogP contribution in [0, 0.1) is 0 Å². The third kappa shape index (κ3) is 3.91. The van der Waals surface area contributed by atoms with Crippen LogP contribution in [0.25, 0.3) is 0 Å². The molecule has 1 fully saturated rings. The Hall–Kier alpha value is -0.160. The van der Waals surface area contributed by atoms with Crippen molar-refractivity contribution in [2.45, 2.75) is 51.2 Å². The van der Waals surface area contributed by atoms with Gasteiger partial charge in [0.15, 0.2) is 0 Å². The standard InChI is InChI=1S/C13H29N3O/c1-11(8-13(4,14)10-17)16-7-6-15(5)12(2,3)9-16/h11,17H,6-10,14H2,1-5H3. The Morgan fingerprint density at radius 3 is 2.47 bits per heavy atom. The van der Waals surface area contributed by atoms with Crippen molar-refractivity contribution >= 4 is 0 Å². The van der Waals surface area contributed by atoms with Crippen LogP contribution < -0.4 is 5.73 Å². The SMILES string of the molecule is CC(CC(C)(N)CO)N1CCN(C)C(C)(C)C1. The number of hydrogen-bond acceptors (Lipinski definition) is 4. The molecule has 0 radical (unpaired) electrons. The lowest BCUT2D eigenvalue weighted by atomic mass is 9.92. The van der Waals surface area contributed by atoms with Gasteiger partial charge in [-0.3, -0.25) is 9.80 Å². The Kier molecular flexibility index (Phi) is 4.58. The van der Waals surface area contributed by atoms with Crippen LogP contribution in [0.2, 0.25) is 0 Å². The highest BCUT2D eigenvalue weighted by molar-refractivity contribution is 4.92. The molecule has 1 rings (SSSR count). The summed E-state index contributed by atoms with van der Waals surface area (Å²) < 4.78 is 0. The van der Waals surface area contributed by atoms with Crippen LogP contribution in [-0.4, -0.2) is 65.3 Å². The van der Waals surface area contributed by atoms with Crippen molar-refractivity contribution in [1.29, 1.82) is 0 Å². The fourth-order valence-electron chi connectivity index (χ4n) is 2.52. The maximum absolute atomic E-state index is 9.23. The molecule has 0 spiro atoms. The average Bonchev–Trinajstić information content (AvgIpc) is 2.21. The number of nitrogens with two attached hydrogens (primary N) is 1. The van der Waals surface area contributed by atoms with Gasteiger partial charge in [0.1, 0.15) is 0 Å². The molecule has 0 bridgehead atoms. The van der Waals surface area contributed by atoms with Crippen LogP contribution in [0.1, 0.15) is 34.1 Å². The molecule has 4 nitrogen and oxygen atoms in total. The topological polar surface area (TPSA) is 52.7 Å². The first-order chi connectivity index (χ1) is 7.68. The van der Waals surface area contributed by atoms with Crippen molar-refractivity contribution in [3.05, 3.63) is 0 Å². The third-order valence-electron chi connectivity index (χ3n) is 4.09. The summed E-state index contributed by atoms with van der Waals surface area (Å²) in [6.45, 7) is 12.0. The molecule has 0 amide bonds. The first-order valence-electron chi connectivity index (χ1n) is 6.53. The van der Waals surface area contributed by atoms with E-state index in [4.69, 9.17) is 5.73 Å². The summed E-state index contributed by atoms with van der Waals surface area (Å²) in [6, 6.07) is 0.421. The van der Waals surface area contributed by atoms with Gasteiger partial charge >= 0.3 is 0 Å². The van der Waals surface area contributed by atoms with Gasteiger partial charge in [0.2, 0.25) is 0 Å². The molecule has 1 heterocycles.